The van der Waals surface area contributed by atoms with E-state index in [1.807, 2.05) is 69.3 Å². The Hall–Kier alpha value is -2.53. The van der Waals surface area contributed by atoms with Crippen LogP contribution in [0.4, 0.5) is 4.79 Å². The monoisotopic (exact) mass is 367 g/mol. The van der Waals surface area contributed by atoms with Crippen molar-refractivity contribution in [2.45, 2.75) is 33.4 Å². The number of hydrogen-bond donors (Lipinski definition) is 0. The Morgan fingerprint density at radius 3 is 2.62 bits per heavy atom. The van der Waals surface area contributed by atoms with Gasteiger partial charge in [-0.1, -0.05) is 48.0 Å². The van der Waals surface area contributed by atoms with Crippen molar-refractivity contribution >= 4 is 29.0 Å². The predicted octanol–water partition coefficient (Wildman–Crippen LogP) is 5.02. The first-order valence-electron chi connectivity index (χ1n) is 8.50. The van der Waals surface area contributed by atoms with E-state index in [1.54, 1.807) is 6.08 Å². The van der Waals surface area contributed by atoms with Crippen molar-refractivity contribution in [2.75, 3.05) is 0 Å². The molecular formula is C21H21NO3S. The summed E-state index contributed by atoms with van der Waals surface area (Å²) in [4.78, 5) is 26.8. The number of carbonyl (C=O) groups excluding carboxylic acids is 2. The third kappa shape index (κ3) is 4.17. The summed E-state index contributed by atoms with van der Waals surface area (Å²) in [5.74, 6) is 0.439. The molecule has 0 N–H and O–H groups in total. The Morgan fingerprint density at radius 1 is 1.12 bits per heavy atom. The maximum atomic E-state index is 12.7. The Bertz CT molecular complexity index is 873. The second-order valence-corrected chi connectivity index (χ2v) is 7.45. The molecule has 3 rings (SSSR count). The van der Waals surface area contributed by atoms with Gasteiger partial charge in [0.2, 0.25) is 0 Å². The molecule has 1 fully saturated rings. The van der Waals surface area contributed by atoms with E-state index in [1.165, 1.54) is 4.90 Å². The molecule has 0 bridgehead atoms. The molecule has 26 heavy (non-hydrogen) atoms. The van der Waals surface area contributed by atoms with Crippen LogP contribution in [0.15, 0.2) is 53.4 Å². The molecule has 0 unspecified atom stereocenters. The SMILES string of the molecule is Cc1cccc(CN2C(=O)S/C(=C\c3ccccc3OC(C)C)C2=O)c1. The summed E-state index contributed by atoms with van der Waals surface area (Å²) in [5.41, 5.74) is 2.84. The predicted molar refractivity (Wildman–Crippen MR) is 105 cm³/mol. The van der Waals surface area contributed by atoms with E-state index in [0.29, 0.717) is 10.7 Å². The highest BCUT2D eigenvalue weighted by Crippen LogP contribution is 2.35. The molecule has 0 radical (unpaired) electrons. The normalized spacial score (nSPS) is 16.0. The lowest BCUT2D eigenvalue weighted by Crippen LogP contribution is -2.27. The van der Waals surface area contributed by atoms with E-state index >= 15 is 0 Å². The number of para-hydroxylation sites is 1. The molecule has 2 aromatic carbocycles. The van der Waals surface area contributed by atoms with E-state index in [0.717, 1.165) is 28.5 Å². The van der Waals surface area contributed by atoms with Gasteiger partial charge < -0.3 is 4.74 Å². The highest BCUT2D eigenvalue weighted by atomic mass is 32.2. The number of thioether (sulfide) groups is 1. The third-order valence-corrected chi connectivity index (χ3v) is 4.77. The van der Waals surface area contributed by atoms with Crippen LogP contribution in [-0.2, 0) is 11.3 Å². The zero-order valence-corrected chi connectivity index (χ0v) is 15.9. The molecule has 2 amide bonds. The number of nitrogens with zero attached hydrogens (tertiary/aromatic N) is 1. The van der Waals surface area contributed by atoms with Gasteiger partial charge in [-0.15, -0.1) is 0 Å². The summed E-state index contributed by atoms with van der Waals surface area (Å²) in [6.07, 6.45) is 1.76. The molecule has 0 saturated carbocycles. The highest BCUT2D eigenvalue weighted by molar-refractivity contribution is 8.18. The summed E-state index contributed by atoms with van der Waals surface area (Å²) < 4.78 is 5.79. The van der Waals surface area contributed by atoms with Crippen LogP contribution in [0.5, 0.6) is 5.75 Å². The van der Waals surface area contributed by atoms with Crippen LogP contribution in [0.3, 0.4) is 0 Å². The molecule has 1 saturated heterocycles. The van der Waals surface area contributed by atoms with Crippen molar-refractivity contribution in [2.24, 2.45) is 0 Å². The molecule has 5 heteroatoms. The Kier molecular flexibility index (Phi) is 5.47. The molecule has 1 heterocycles. The maximum Gasteiger partial charge on any atom is 0.293 e. The van der Waals surface area contributed by atoms with Crippen LogP contribution in [0.25, 0.3) is 6.08 Å². The van der Waals surface area contributed by atoms with Crippen molar-refractivity contribution in [1.82, 2.24) is 4.90 Å². The number of benzene rings is 2. The smallest absolute Gasteiger partial charge is 0.293 e. The minimum absolute atomic E-state index is 0.0286. The van der Waals surface area contributed by atoms with E-state index in [9.17, 15) is 9.59 Å². The topological polar surface area (TPSA) is 46.6 Å². The van der Waals surface area contributed by atoms with Crippen LogP contribution in [0.1, 0.15) is 30.5 Å². The number of aryl methyl sites for hydroxylation is 1. The minimum Gasteiger partial charge on any atom is -0.490 e. The van der Waals surface area contributed by atoms with E-state index in [-0.39, 0.29) is 23.8 Å². The summed E-state index contributed by atoms with van der Waals surface area (Å²) in [7, 11) is 0. The number of ether oxygens (including phenoxy) is 1. The van der Waals surface area contributed by atoms with Crippen LogP contribution in [0, 0.1) is 6.92 Å². The molecular weight excluding hydrogens is 346 g/mol. The van der Waals surface area contributed by atoms with Crippen molar-refractivity contribution < 1.29 is 14.3 Å². The summed E-state index contributed by atoms with van der Waals surface area (Å²) in [5, 5.41) is -0.245. The second-order valence-electron chi connectivity index (χ2n) is 6.46. The van der Waals surface area contributed by atoms with Crippen molar-refractivity contribution in [3.05, 3.63) is 70.1 Å². The van der Waals surface area contributed by atoms with Crippen LogP contribution in [0.2, 0.25) is 0 Å². The van der Waals surface area contributed by atoms with Gasteiger partial charge in [-0.2, -0.15) is 0 Å². The number of carbonyl (C=O) groups is 2. The summed E-state index contributed by atoms with van der Waals surface area (Å²) in [6.45, 7) is 6.18. The maximum absolute atomic E-state index is 12.7. The number of imide groups is 1. The van der Waals surface area contributed by atoms with Crippen molar-refractivity contribution in [1.29, 1.82) is 0 Å². The average Bonchev–Trinajstić information content (AvgIpc) is 2.84. The van der Waals surface area contributed by atoms with Crippen LogP contribution < -0.4 is 4.74 Å². The first kappa shape index (κ1) is 18.3. The molecule has 2 aromatic rings. The fourth-order valence-corrected chi connectivity index (χ4v) is 3.56. The van der Waals surface area contributed by atoms with Gasteiger partial charge in [0.05, 0.1) is 17.6 Å². The fourth-order valence-electron chi connectivity index (χ4n) is 2.73. The average molecular weight is 367 g/mol. The zero-order chi connectivity index (χ0) is 18.7. The lowest BCUT2D eigenvalue weighted by molar-refractivity contribution is -0.123. The summed E-state index contributed by atoms with van der Waals surface area (Å²) in [6, 6.07) is 15.3. The van der Waals surface area contributed by atoms with E-state index < -0.39 is 0 Å². The fraction of sp³-hybridized carbons (Fsp3) is 0.238. The lowest BCUT2D eigenvalue weighted by Gasteiger charge is -2.13. The quantitative estimate of drug-likeness (QED) is 0.696. The van der Waals surface area contributed by atoms with E-state index in [2.05, 4.69) is 0 Å². The first-order chi connectivity index (χ1) is 12.4. The summed E-state index contributed by atoms with van der Waals surface area (Å²) >= 11 is 0.971. The van der Waals surface area contributed by atoms with Crippen LogP contribution in [-0.4, -0.2) is 22.2 Å². The standard InChI is InChI=1S/C21H21NO3S/c1-14(2)25-18-10-5-4-9-17(18)12-19-20(23)22(21(24)26-19)13-16-8-6-7-15(3)11-16/h4-12,14H,13H2,1-3H3/b19-12-. The Balaban J connectivity index is 1.84. The molecule has 4 nitrogen and oxygen atoms in total. The van der Waals surface area contributed by atoms with Gasteiger partial charge >= 0.3 is 0 Å². The lowest BCUT2D eigenvalue weighted by atomic mass is 10.1. The molecule has 1 aliphatic heterocycles. The Labute approximate surface area is 157 Å². The molecule has 0 spiro atoms. The van der Waals surface area contributed by atoms with Gasteiger partial charge in [0.15, 0.2) is 0 Å². The number of rotatable bonds is 5. The van der Waals surface area contributed by atoms with Gasteiger partial charge in [-0.25, -0.2) is 0 Å². The largest absolute Gasteiger partial charge is 0.490 e. The van der Waals surface area contributed by atoms with E-state index in [4.69, 9.17) is 4.74 Å². The molecule has 0 atom stereocenters. The minimum atomic E-state index is -0.263. The molecule has 1 aliphatic rings. The van der Waals surface area contributed by atoms with Crippen LogP contribution >= 0.6 is 11.8 Å². The zero-order valence-electron chi connectivity index (χ0n) is 15.1. The van der Waals surface area contributed by atoms with Gasteiger partial charge in [0, 0.05) is 5.56 Å². The molecule has 0 aromatic heterocycles. The van der Waals surface area contributed by atoms with Gasteiger partial charge in [0.25, 0.3) is 11.1 Å². The van der Waals surface area contributed by atoms with Gasteiger partial charge in [-0.3, -0.25) is 14.5 Å². The first-order valence-corrected chi connectivity index (χ1v) is 9.32. The Morgan fingerprint density at radius 2 is 1.88 bits per heavy atom. The second kappa shape index (κ2) is 7.79. The third-order valence-electron chi connectivity index (χ3n) is 3.87. The van der Waals surface area contributed by atoms with Crippen molar-refractivity contribution in [3.63, 3.8) is 0 Å². The van der Waals surface area contributed by atoms with Gasteiger partial charge in [-0.05, 0) is 50.2 Å². The number of amides is 2. The number of hydrogen-bond acceptors (Lipinski definition) is 4. The molecule has 0 aliphatic carbocycles. The van der Waals surface area contributed by atoms with Gasteiger partial charge in [0.1, 0.15) is 5.75 Å². The molecule has 134 valence electrons. The van der Waals surface area contributed by atoms with Crippen molar-refractivity contribution in [3.8, 4) is 5.75 Å². The highest BCUT2D eigenvalue weighted by Gasteiger charge is 2.35.